The molecule has 2 atom stereocenters. The van der Waals surface area contributed by atoms with E-state index < -0.39 is 17.5 Å². The Bertz CT molecular complexity index is 381. The molecule has 17 heavy (non-hydrogen) atoms. The summed E-state index contributed by atoms with van der Waals surface area (Å²) in [5.74, 6) is -0.940. The van der Waals surface area contributed by atoms with Gasteiger partial charge in [-0.25, -0.2) is 4.79 Å². The van der Waals surface area contributed by atoms with Gasteiger partial charge in [0.15, 0.2) is 5.60 Å². The molecule has 0 aliphatic carbocycles. The number of carbonyl (C=O) groups is 1. The normalized spacial score (nSPS) is 16.0. The van der Waals surface area contributed by atoms with Crippen molar-refractivity contribution in [1.82, 2.24) is 0 Å². The Morgan fingerprint density at radius 3 is 2.29 bits per heavy atom. The zero-order chi connectivity index (χ0) is 13.1. The van der Waals surface area contributed by atoms with Gasteiger partial charge in [-0.3, -0.25) is 0 Å². The number of carboxylic acids is 1. The van der Waals surface area contributed by atoms with Gasteiger partial charge in [-0.1, -0.05) is 19.1 Å². The summed E-state index contributed by atoms with van der Waals surface area (Å²) in [5.41, 5.74) is -0.968. The third-order valence-corrected chi connectivity index (χ3v) is 3.04. The van der Waals surface area contributed by atoms with Gasteiger partial charge in [-0.2, -0.15) is 0 Å². The standard InChI is InChI=1S/C13H18O4/c1-4-11(13(2,16)12(14)15)9-5-7-10(17-3)8-6-9/h5-8,11,16H,4H2,1-3H3,(H,14,15). The zero-order valence-corrected chi connectivity index (χ0v) is 10.3. The van der Waals surface area contributed by atoms with Gasteiger partial charge in [0.2, 0.25) is 0 Å². The van der Waals surface area contributed by atoms with Crippen LogP contribution in [0.5, 0.6) is 5.75 Å². The molecule has 0 aliphatic heterocycles. The number of hydrogen-bond acceptors (Lipinski definition) is 3. The third kappa shape index (κ3) is 2.77. The van der Waals surface area contributed by atoms with Crippen LogP contribution in [0.1, 0.15) is 31.7 Å². The molecule has 0 fully saturated rings. The van der Waals surface area contributed by atoms with Crippen LogP contribution in [-0.2, 0) is 4.79 Å². The number of aliphatic carboxylic acids is 1. The molecule has 1 rings (SSSR count). The van der Waals surface area contributed by atoms with E-state index in [2.05, 4.69) is 0 Å². The molecule has 0 heterocycles. The minimum Gasteiger partial charge on any atom is -0.497 e. The SMILES string of the molecule is CCC(c1ccc(OC)cc1)C(C)(O)C(=O)O. The topological polar surface area (TPSA) is 66.8 Å². The molecular weight excluding hydrogens is 220 g/mol. The van der Waals surface area contributed by atoms with Gasteiger partial charge in [0.25, 0.3) is 0 Å². The third-order valence-electron chi connectivity index (χ3n) is 3.04. The molecule has 0 amide bonds. The minimum absolute atomic E-state index is 0.439. The van der Waals surface area contributed by atoms with E-state index in [4.69, 9.17) is 9.84 Å². The quantitative estimate of drug-likeness (QED) is 0.823. The summed E-state index contributed by atoms with van der Waals surface area (Å²) in [7, 11) is 1.57. The second kappa shape index (κ2) is 5.19. The number of carboxylic acid groups (broad SMARTS) is 1. The molecule has 2 unspecified atom stereocenters. The van der Waals surface area contributed by atoms with Gasteiger partial charge in [0, 0.05) is 5.92 Å². The summed E-state index contributed by atoms with van der Waals surface area (Å²) in [4.78, 5) is 11.0. The van der Waals surface area contributed by atoms with E-state index in [0.29, 0.717) is 12.2 Å². The number of ether oxygens (including phenoxy) is 1. The minimum atomic E-state index is -1.76. The van der Waals surface area contributed by atoms with Crippen LogP contribution in [0.25, 0.3) is 0 Å². The van der Waals surface area contributed by atoms with Crippen molar-refractivity contribution in [2.45, 2.75) is 31.8 Å². The van der Waals surface area contributed by atoms with E-state index in [1.54, 1.807) is 31.4 Å². The van der Waals surface area contributed by atoms with E-state index in [0.717, 1.165) is 5.56 Å². The lowest BCUT2D eigenvalue weighted by Gasteiger charge is -2.28. The Kier molecular flexibility index (Phi) is 4.12. The first-order valence-corrected chi connectivity index (χ1v) is 5.53. The maximum absolute atomic E-state index is 11.0. The molecule has 0 saturated carbocycles. The van der Waals surface area contributed by atoms with Crippen LogP contribution in [0.15, 0.2) is 24.3 Å². The molecule has 0 aliphatic rings. The highest BCUT2D eigenvalue weighted by atomic mass is 16.5. The van der Waals surface area contributed by atoms with E-state index in [1.165, 1.54) is 6.92 Å². The first kappa shape index (κ1) is 13.5. The average molecular weight is 238 g/mol. The van der Waals surface area contributed by atoms with Crippen molar-refractivity contribution in [2.75, 3.05) is 7.11 Å². The van der Waals surface area contributed by atoms with Crippen molar-refractivity contribution < 1.29 is 19.7 Å². The second-order valence-electron chi connectivity index (χ2n) is 4.19. The van der Waals surface area contributed by atoms with E-state index >= 15 is 0 Å². The van der Waals surface area contributed by atoms with Gasteiger partial charge in [-0.05, 0) is 31.0 Å². The fourth-order valence-corrected chi connectivity index (χ4v) is 1.94. The molecule has 0 saturated heterocycles. The van der Waals surface area contributed by atoms with Crippen LogP contribution in [0, 0.1) is 0 Å². The number of hydrogen-bond donors (Lipinski definition) is 2. The molecule has 0 bridgehead atoms. The second-order valence-corrected chi connectivity index (χ2v) is 4.19. The van der Waals surface area contributed by atoms with Crippen molar-refractivity contribution >= 4 is 5.97 Å². The highest BCUT2D eigenvalue weighted by Gasteiger charge is 2.39. The molecule has 1 aromatic carbocycles. The summed E-state index contributed by atoms with van der Waals surface area (Å²) in [5, 5.41) is 19.0. The number of aliphatic hydroxyl groups is 1. The smallest absolute Gasteiger partial charge is 0.336 e. The molecule has 94 valence electrons. The number of benzene rings is 1. The van der Waals surface area contributed by atoms with Crippen LogP contribution in [0.4, 0.5) is 0 Å². The molecular formula is C13H18O4. The Morgan fingerprint density at radius 2 is 1.94 bits per heavy atom. The first-order chi connectivity index (χ1) is 7.93. The van der Waals surface area contributed by atoms with Crippen LogP contribution in [0.2, 0.25) is 0 Å². The van der Waals surface area contributed by atoms with Crippen LogP contribution >= 0.6 is 0 Å². The summed E-state index contributed by atoms with van der Waals surface area (Å²) in [6, 6.07) is 7.08. The lowest BCUT2D eigenvalue weighted by atomic mass is 9.81. The average Bonchev–Trinajstić information content (AvgIpc) is 2.30. The van der Waals surface area contributed by atoms with Crippen LogP contribution in [0.3, 0.4) is 0 Å². The van der Waals surface area contributed by atoms with Crippen LogP contribution in [-0.4, -0.2) is 28.9 Å². The van der Waals surface area contributed by atoms with Crippen molar-refractivity contribution in [3.05, 3.63) is 29.8 Å². The summed E-state index contributed by atoms with van der Waals surface area (Å²) >= 11 is 0. The van der Waals surface area contributed by atoms with Crippen molar-refractivity contribution in [3.63, 3.8) is 0 Å². The monoisotopic (exact) mass is 238 g/mol. The van der Waals surface area contributed by atoms with Gasteiger partial charge in [0.1, 0.15) is 5.75 Å². The lowest BCUT2D eigenvalue weighted by Crippen LogP contribution is -2.41. The first-order valence-electron chi connectivity index (χ1n) is 5.53. The van der Waals surface area contributed by atoms with Gasteiger partial charge in [-0.15, -0.1) is 0 Å². The molecule has 0 radical (unpaired) electrons. The highest BCUT2D eigenvalue weighted by Crippen LogP contribution is 2.32. The Hall–Kier alpha value is -1.55. The summed E-state index contributed by atoms with van der Waals surface area (Å²) < 4.78 is 5.04. The predicted octanol–water partition coefficient (Wildman–Crippen LogP) is 2.02. The molecule has 2 N–H and O–H groups in total. The van der Waals surface area contributed by atoms with Crippen molar-refractivity contribution in [2.24, 2.45) is 0 Å². The summed E-state index contributed by atoms with van der Waals surface area (Å²) in [6.07, 6.45) is 0.547. The van der Waals surface area contributed by atoms with Gasteiger partial charge >= 0.3 is 5.97 Å². The predicted molar refractivity (Wildman–Crippen MR) is 64.3 cm³/mol. The molecule has 0 aromatic heterocycles. The van der Waals surface area contributed by atoms with E-state index in [-0.39, 0.29) is 0 Å². The fraction of sp³-hybridized carbons (Fsp3) is 0.462. The zero-order valence-electron chi connectivity index (χ0n) is 10.3. The van der Waals surface area contributed by atoms with Gasteiger partial charge < -0.3 is 14.9 Å². The van der Waals surface area contributed by atoms with E-state index in [1.807, 2.05) is 6.92 Å². The van der Waals surface area contributed by atoms with Gasteiger partial charge in [0.05, 0.1) is 7.11 Å². The Morgan fingerprint density at radius 1 is 1.41 bits per heavy atom. The van der Waals surface area contributed by atoms with Crippen LogP contribution < -0.4 is 4.74 Å². The highest BCUT2D eigenvalue weighted by molar-refractivity contribution is 5.78. The molecule has 4 heteroatoms. The van der Waals surface area contributed by atoms with Crippen molar-refractivity contribution in [3.8, 4) is 5.75 Å². The maximum Gasteiger partial charge on any atom is 0.336 e. The number of methoxy groups -OCH3 is 1. The molecule has 4 nitrogen and oxygen atoms in total. The van der Waals surface area contributed by atoms with Crippen molar-refractivity contribution in [1.29, 1.82) is 0 Å². The maximum atomic E-state index is 11.0. The lowest BCUT2D eigenvalue weighted by molar-refractivity contribution is -0.159. The summed E-state index contributed by atoms with van der Waals surface area (Å²) in [6.45, 7) is 3.18. The molecule has 1 aromatic rings. The largest absolute Gasteiger partial charge is 0.497 e. The Balaban J connectivity index is 3.05. The number of rotatable bonds is 5. The Labute approximate surface area is 101 Å². The van der Waals surface area contributed by atoms with E-state index in [9.17, 15) is 9.90 Å². The molecule has 0 spiro atoms. The fourth-order valence-electron chi connectivity index (χ4n) is 1.94.